The molecular formula is C14H27NO2. The second-order valence-corrected chi connectivity index (χ2v) is 6.21. The van der Waals surface area contributed by atoms with Gasteiger partial charge in [0.2, 0.25) is 0 Å². The molecule has 0 saturated heterocycles. The third-order valence-electron chi connectivity index (χ3n) is 4.91. The molecule has 2 atom stereocenters. The summed E-state index contributed by atoms with van der Waals surface area (Å²) in [5.41, 5.74) is 0.285. The molecule has 3 nitrogen and oxygen atoms in total. The molecule has 0 bridgehead atoms. The van der Waals surface area contributed by atoms with Gasteiger partial charge in [-0.25, -0.2) is 0 Å². The van der Waals surface area contributed by atoms with Gasteiger partial charge >= 0.3 is 0 Å². The third-order valence-corrected chi connectivity index (χ3v) is 4.91. The zero-order valence-electron chi connectivity index (χ0n) is 11.7. The Bertz CT molecular complexity index is 247. The van der Waals surface area contributed by atoms with Gasteiger partial charge in [-0.15, -0.1) is 0 Å². The molecule has 17 heavy (non-hydrogen) atoms. The van der Waals surface area contributed by atoms with E-state index in [1.165, 1.54) is 25.7 Å². The van der Waals surface area contributed by atoms with Crippen LogP contribution in [-0.2, 0) is 9.47 Å². The second-order valence-electron chi connectivity index (χ2n) is 6.21. The molecule has 0 spiro atoms. The maximum absolute atomic E-state index is 5.50. The van der Waals surface area contributed by atoms with Crippen molar-refractivity contribution in [3.8, 4) is 0 Å². The van der Waals surface area contributed by atoms with E-state index < -0.39 is 0 Å². The van der Waals surface area contributed by atoms with Gasteiger partial charge in [-0.05, 0) is 32.1 Å². The first kappa shape index (κ1) is 13.3. The highest BCUT2D eigenvalue weighted by Gasteiger charge is 2.49. The molecule has 0 aromatic rings. The molecule has 0 aliphatic heterocycles. The highest BCUT2D eigenvalue weighted by Crippen LogP contribution is 2.43. The van der Waals surface area contributed by atoms with Crippen molar-refractivity contribution < 1.29 is 9.47 Å². The quantitative estimate of drug-likeness (QED) is 0.819. The zero-order valence-corrected chi connectivity index (χ0v) is 11.7. The predicted octanol–water partition coefficient (Wildman–Crippen LogP) is 2.35. The van der Waals surface area contributed by atoms with Crippen LogP contribution in [0.5, 0.6) is 0 Å². The smallest absolute Gasteiger partial charge is 0.0652 e. The lowest BCUT2D eigenvalue weighted by Gasteiger charge is -2.53. The molecule has 2 saturated carbocycles. The summed E-state index contributed by atoms with van der Waals surface area (Å²) in [6, 6.07) is 1.31. The van der Waals surface area contributed by atoms with Gasteiger partial charge in [0.1, 0.15) is 0 Å². The van der Waals surface area contributed by atoms with E-state index in [4.69, 9.17) is 9.47 Å². The number of nitrogens with one attached hydrogen (secondary N) is 1. The van der Waals surface area contributed by atoms with Gasteiger partial charge in [0, 0.05) is 31.7 Å². The molecule has 1 N–H and O–H groups in total. The zero-order chi connectivity index (χ0) is 12.5. The highest BCUT2D eigenvalue weighted by molar-refractivity contribution is 5.03. The van der Waals surface area contributed by atoms with Crippen LogP contribution in [0, 0.1) is 5.41 Å². The summed E-state index contributed by atoms with van der Waals surface area (Å²) in [4.78, 5) is 0. The van der Waals surface area contributed by atoms with Crippen molar-refractivity contribution in [1.29, 1.82) is 0 Å². The summed E-state index contributed by atoms with van der Waals surface area (Å²) in [5, 5.41) is 3.82. The largest absolute Gasteiger partial charge is 0.381 e. The summed E-state index contributed by atoms with van der Waals surface area (Å²) >= 11 is 0. The molecule has 2 rings (SSSR count). The lowest BCUT2D eigenvalue weighted by molar-refractivity contribution is -0.102. The summed E-state index contributed by atoms with van der Waals surface area (Å²) in [6.45, 7) is 4.62. The Balaban J connectivity index is 1.76. The number of methoxy groups -OCH3 is 2. The van der Waals surface area contributed by atoms with Gasteiger partial charge in [-0.2, -0.15) is 0 Å². The molecule has 100 valence electrons. The van der Waals surface area contributed by atoms with Gasteiger partial charge in [-0.3, -0.25) is 0 Å². The van der Waals surface area contributed by atoms with E-state index in [1.54, 1.807) is 0 Å². The predicted molar refractivity (Wildman–Crippen MR) is 69.2 cm³/mol. The van der Waals surface area contributed by atoms with Crippen LogP contribution in [0.25, 0.3) is 0 Å². The molecule has 2 aliphatic rings. The number of ether oxygens (including phenoxy) is 2. The Morgan fingerprint density at radius 1 is 1.00 bits per heavy atom. The van der Waals surface area contributed by atoms with Crippen molar-refractivity contribution in [3.63, 3.8) is 0 Å². The van der Waals surface area contributed by atoms with Crippen LogP contribution >= 0.6 is 0 Å². The monoisotopic (exact) mass is 241 g/mol. The average Bonchev–Trinajstić information content (AvgIpc) is 2.34. The fourth-order valence-electron chi connectivity index (χ4n) is 3.32. The van der Waals surface area contributed by atoms with Crippen LogP contribution in [-0.4, -0.2) is 38.5 Å². The number of rotatable bonds is 4. The SMILES string of the molecule is COC1CCC(NC2CC(OC)C2(C)C)CC1. The summed E-state index contributed by atoms with van der Waals surface area (Å²) in [6.07, 6.45) is 6.99. The van der Waals surface area contributed by atoms with Crippen molar-refractivity contribution in [3.05, 3.63) is 0 Å². The minimum Gasteiger partial charge on any atom is -0.381 e. The molecule has 3 heteroatoms. The Morgan fingerprint density at radius 3 is 2.12 bits per heavy atom. The standard InChI is InChI=1S/C14H27NO2/c1-14(2)12(9-13(14)17-4)15-10-5-7-11(16-3)8-6-10/h10-13,15H,5-9H2,1-4H3. The molecular weight excluding hydrogens is 214 g/mol. The highest BCUT2D eigenvalue weighted by atomic mass is 16.5. The Labute approximate surface area is 105 Å². The molecule has 0 amide bonds. The maximum atomic E-state index is 5.50. The van der Waals surface area contributed by atoms with Gasteiger partial charge in [0.25, 0.3) is 0 Å². The van der Waals surface area contributed by atoms with Crippen LogP contribution in [0.15, 0.2) is 0 Å². The number of hydrogen-bond acceptors (Lipinski definition) is 3. The van der Waals surface area contributed by atoms with E-state index in [0.29, 0.717) is 24.3 Å². The van der Waals surface area contributed by atoms with Gasteiger partial charge in [-0.1, -0.05) is 13.8 Å². The van der Waals surface area contributed by atoms with Gasteiger partial charge < -0.3 is 14.8 Å². The van der Waals surface area contributed by atoms with E-state index in [-0.39, 0.29) is 5.41 Å². The molecule has 0 aromatic heterocycles. The fraction of sp³-hybridized carbons (Fsp3) is 1.00. The lowest BCUT2D eigenvalue weighted by atomic mass is 9.64. The summed E-state index contributed by atoms with van der Waals surface area (Å²) in [5.74, 6) is 0. The van der Waals surface area contributed by atoms with Crippen molar-refractivity contribution in [2.45, 2.75) is 70.2 Å². The van der Waals surface area contributed by atoms with Crippen molar-refractivity contribution in [1.82, 2.24) is 5.32 Å². The number of hydrogen-bond donors (Lipinski definition) is 1. The Morgan fingerprint density at radius 2 is 1.65 bits per heavy atom. The van der Waals surface area contributed by atoms with Crippen LogP contribution in [0.4, 0.5) is 0 Å². The first-order valence-electron chi connectivity index (χ1n) is 6.89. The Hall–Kier alpha value is -0.120. The molecule has 0 heterocycles. The van der Waals surface area contributed by atoms with E-state index in [2.05, 4.69) is 19.2 Å². The van der Waals surface area contributed by atoms with E-state index in [1.807, 2.05) is 14.2 Å². The van der Waals surface area contributed by atoms with Gasteiger partial charge in [0.05, 0.1) is 12.2 Å². The molecule has 2 aliphatic carbocycles. The van der Waals surface area contributed by atoms with Crippen LogP contribution < -0.4 is 5.32 Å². The molecule has 2 unspecified atom stereocenters. The van der Waals surface area contributed by atoms with Crippen LogP contribution in [0.2, 0.25) is 0 Å². The lowest BCUT2D eigenvalue weighted by Crippen LogP contribution is -2.62. The van der Waals surface area contributed by atoms with E-state index in [0.717, 1.165) is 6.42 Å². The Kier molecular flexibility index (Phi) is 4.11. The van der Waals surface area contributed by atoms with E-state index >= 15 is 0 Å². The van der Waals surface area contributed by atoms with E-state index in [9.17, 15) is 0 Å². The van der Waals surface area contributed by atoms with Crippen molar-refractivity contribution in [2.75, 3.05) is 14.2 Å². The van der Waals surface area contributed by atoms with Crippen molar-refractivity contribution >= 4 is 0 Å². The van der Waals surface area contributed by atoms with Crippen molar-refractivity contribution in [2.24, 2.45) is 5.41 Å². The molecule has 0 aromatic carbocycles. The normalized spacial score (nSPS) is 40.9. The fourth-order valence-corrected chi connectivity index (χ4v) is 3.32. The summed E-state index contributed by atoms with van der Waals surface area (Å²) in [7, 11) is 3.66. The minimum atomic E-state index is 0.285. The molecule has 2 fully saturated rings. The van der Waals surface area contributed by atoms with Crippen LogP contribution in [0.3, 0.4) is 0 Å². The third kappa shape index (κ3) is 2.67. The minimum absolute atomic E-state index is 0.285. The first-order valence-corrected chi connectivity index (χ1v) is 6.89. The second kappa shape index (κ2) is 5.25. The topological polar surface area (TPSA) is 30.5 Å². The first-order chi connectivity index (χ1) is 8.07. The van der Waals surface area contributed by atoms with Crippen LogP contribution in [0.1, 0.15) is 46.0 Å². The maximum Gasteiger partial charge on any atom is 0.0652 e. The average molecular weight is 241 g/mol. The summed E-state index contributed by atoms with van der Waals surface area (Å²) < 4.78 is 10.9. The molecule has 0 radical (unpaired) electrons. The van der Waals surface area contributed by atoms with Gasteiger partial charge in [0.15, 0.2) is 0 Å².